The van der Waals surface area contributed by atoms with E-state index < -0.39 is 0 Å². The second-order valence-corrected chi connectivity index (χ2v) is 3.81. The summed E-state index contributed by atoms with van der Waals surface area (Å²) in [6.07, 6.45) is 2.89. The third kappa shape index (κ3) is 1.73. The zero-order valence-corrected chi connectivity index (χ0v) is 9.67. The molecule has 2 aromatic heterocycles. The molecule has 0 fully saturated rings. The Kier molecular flexibility index (Phi) is 2.93. The Hall–Kier alpha value is -1.06. The van der Waals surface area contributed by atoms with Crippen LogP contribution in [0.15, 0.2) is 18.3 Å². The Morgan fingerprint density at radius 3 is 3.00 bits per heavy atom. The fraction of sp³-hybridized carbons (Fsp3) is 0.364. The third-order valence-electron chi connectivity index (χ3n) is 2.46. The molecule has 0 unspecified atom stereocenters. The number of halogens is 1. The van der Waals surface area contributed by atoms with Gasteiger partial charge in [0.15, 0.2) is 5.15 Å². The highest BCUT2D eigenvalue weighted by atomic mass is 35.5. The number of imidazole rings is 1. The molecule has 0 bridgehead atoms. The van der Waals surface area contributed by atoms with Crippen molar-refractivity contribution in [2.24, 2.45) is 0 Å². The molecule has 2 rings (SSSR count). The average molecular weight is 224 g/mol. The highest BCUT2D eigenvalue weighted by molar-refractivity contribution is 6.32. The average Bonchev–Trinajstić information content (AvgIpc) is 2.57. The summed E-state index contributed by atoms with van der Waals surface area (Å²) in [5, 5.41) is 3.73. The molecule has 2 heterocycles. The van der Waals surface area contributed by atoms with Gasteiger partial charge >= 0.3 is 0 Å². The largest absolute Gasteiger partial charge is 0.316 e. The predicted molar refractivity (Wildman–Crippen MR) is 62.3 cm³/mol. The Morgan fingerprint density at radius 1 is 1.53 bits per heavy atom. The van der Waals surface area contributed by atoms with Crippen LogP contribution in [0.25, 0.3) is 5.52 Å². The normalized spacial score (nSPS) is 11.1. The Labute approximate surface area is 94.1 Å². The van der Waals surface area contributed by atoms with Crippen molar-refractivity contribution in [1.82, 2.24) is 14.7 Å². The van der Waals surface area contributed by atoms with Crippen molar-refractivity contribution in [3.63, 3.8) is 0 Å². The molecule has 15 heavy (non-hydrogen) atoms. The molecule has 2 aromatic rings. The van der Waals surface area contributed by atoms with Gasteiger partial charge in [-0.1, -0.05) is 24.6 Å². The first-order chi connectivity index (χ1) is 7.27. The van der Waals surface area contributed by atoms with E-state index in [1.165, 1.54) is 5.56 Å². The van der Waals surface area contributed by atoms with Crippen LogP contribution in [0.2, 0.25) is 5.15 Å². The summed E-state index contributed by atoms with van der Waals surface area (Å²) in [6.45, 7) is 2.88. The first-order valence-corrected chi connectivity index (χ1v) is 5.44. The van der Waals surface area contributed by atoms with E-state index in [-0.39, 0.29) is 0 Å². The van der Waals surface area contributed by atoms with Gasteiger partial charge in [-0.05, 0) is 18.7 Å². The summed E-state index contributed by atoms with van der Waals surface area (Å²) in [5.74, 6) is 1.01. The summed E-state index contributed by atoms with van der Waals surface area (Å²) in [5.41, 5.74) is 2.20. The fourth-order valence-electron chi connectivity index (χ4n) is 1.80. The molecule has 0 saturated heterocycles. The molecule has 0 aliphatic heterocycles. The molecule has 3 nitrogen and oxygen atoms in total. The van der Waals surface area contributed by atoms with E-state index in [9.17, 15) is 0 Å². The van der Waals surface area contributed by atoms with E-state index in [4.69, 9.17) is 11.6 Å². The molecule has 0 spiro atoms. The standard InChI is InChI=1S/C11H14ClN3/c1-3-9-14-11(12)10-8(7-13-2)5-4-6-15(9)10/h4-6,13H,3,7H2,1-2H3. The molecule has 0 saturated carbocycles. The SMILES string of the molecule is CCc1nc(Cl)c2c(CNC)cccn12. The van der Waals surface area contributed by atoms with Crippen LogP contribution in [-0.4, -0.2) is 16.4 Å². The molecule has 0 aliphatic rings. The number of nitrogens with zero attached hydrogens (tertiary/aromatic N) is 2. The first kappa shape index (κ1) is 10.5. The number of pyridine rings is 1. The van der Waals surface area contributed by atoms with Crippen molar-refractivity contribution in [1.29, 1.82) is 0 Å². The van der Waals surface area contributed by atoms with Crippen molar-refractivity contribution >= 4 is 17.1 Å². The van der Waals surface area contributed by atoms with Gasteiger partial charge in [-0.3, -0.25) is 0 Å². The lowest BCUT2D eigenvalue weighted by molar-refractivity contribution is 0.816. The van der Waals surface area contributed by atoms with E-state index in [1.54, 1.807) is 0 Å². The van der Waals surface area contributed by atoms with Gasteiger partial charge in [0.1, 0.15) is 5.82 Å². The van der Waals surface area contributed by atoms with E-state index in [1.807, 2.05) is 19.3 Å². The summed E-state index contributed by atoms with van der Waals surface area (Å²) >= 11 is 6.14. The van der Waals surface area contributed by atoms with Crippen molar-refractivity contribution in [2.45, 2.75) is 19.9 Å². The summed E-state index contributed by atoms with van der Waals surface area (Å²) in [6, 6.07) is 4.09. The maximum absolute atomic E-state index is 6.14. The Bertz CT molecular complexity index is 476. The molecule has 4 heteroatoms. The van der Waals surface area contributed by atoms with Crippen molar-refractivity contribution in [3.8, 4) is 0 Å². The topological polar surface area (TPSA) is 29.3 Å². The van der Waals surface area contributed by atoms with Crippen LogP contribution in [0.5, 0.6) is 0 Å². The number of aryl methyl sites for hydroxylation is 1. The smallest absolute Gasteiger partial charge is 0.155 e. The number of nitrogens with one attached hydrogen (secondary N) is 1. The van der Waals surface area contributed by atoms with Gasteiger partial charge in [0.05, 0.1) is 5.52 Å². The minimum Gasteiger partial charge on any atom is -0.316 e. The van der Waals surface area contributed by atoms with Crippen LogP contribution in [0.4, 0.5) is 0 Å². The van der Waals surface area contributed by atoms with Gasteiger partial charge in [-0.25, -0.2) is 4.98 Å². The zero-order valence-electron chi connectivity index (χ0n) is 8.92. The molecular weight excluding hydrogens is 210 g/mol. The van der Waals surface area contributed by atoms with Gasteiger partial charge in [-0.15, -0.1) is 0 Å². The number of fused-ring (bicyclic) bond motifs is 1. The van der Waals surface area contributed by atoms with Crippen LogP contribution in [0.3, 0.4) is 0 Å². The molecule has 80 valence electrons. The number of hydrogen-bond donors (Lipinski definition) is 1. The number of aromatic nitrogens is 2. The molecular formula is C11H14ClN3. The lowest BCUT2D eigenvalue weighted by Gasteiger charge is -2.04. The van der Waals surface area contributed by atoms with Crippen molar-refractivity contribution in [3.05, 3.63) is 34.9 Å². The Balaban J connectivity index is 2.68. The van der Waals surface area contributed by atoms with Gasteiger partial charge in [0.25, 0.3) is 0 Å². The summed E-state index contributed by atoms with van der Waals surface area (Å²) < 4.78 is 2.06. The minimum absolute atomic E-state index is 0.595. The second-order valence-electron chi connectivity index (χ2n) is 3.45. The zero-order chi connectivity index (χ0) is 10.8. The van der Waals surface area contributed by atoms with E-state index in [2.05, 4.69) is 27.7 Å². The van der Waals surface area contributed by atoms with E-state index >= 15 is 0 Å². The molecule has 0 radical (unpaired) electrons. The van der Waals surface area contributed by atoms with Crippen molar-refractivity contribution in [2.75, 3.05) is 7.05 Å². The maximum Gasteiger partial charge on any atom is 0.155 e. The number of rotatable bonds is 3. The van der Waals surface area contributed by atoms with Gasteiger partial charge in [0, 0.05) is 19.2 Å². The molecule has 1 N–H and O–H groups in total. The van der Waals surface area contributed by atoms with Gasteiger partial charge in [0.2, 0.25) is 0 Å². The fourth-order valence-corrected chi connectivity index (χ4v) is 2.11. The van der Waals surface area contributed by atoms with E-state index in [0.29, 0.717) is 5.15 Å². The predicted octanol–water partition coefficient (Wildman–Crippen LogP) is 2.27. The second kappa shape index (κ2) is 4.21. The minimum atomic E-state index is 0.595. The van der Waals surface area contributed by atoms with Crippen LogP contribution in [0.1, 0.15) is 18.3 Å². The number of hydrogen-bond acceptors (Lipinski definition) is 2. The lowest BCUT2D eigenvalue weighted by atomic mass is 10.2. The van der Waals surface area contributed by atoms with Crippen LogP contribution < -0.4 is 5.32 Å². The van der Waals surface area contributed by atoms with Gasteiger partial charge < -0.3 is 9.72 Å². The molecule has 0 amide bonds. The quantitative estimate of drug-likeness (QED) is 0.865. The van der Waals surface area contributed by atoms with Crippen LogP contribution in [0, 0.1) is 0 Å². The monoisotopic (exact) mass is 223 g/mol. The maximum atomic E-state index is 6.14. The van der Waals surface area contributed by atoms with Gasteiger partial charge in [-0.2, -0.15) is 0 Å². The van der Waals surface area contributed by atoms with Crippen LogP contribution in [-0.2, 0) is 13.0 Å². The molecule has 0 aliphatic carbocycles. The lowest BCUT2D eigenvalue weighted by Crippen LogP contribution is -2.06. The van der Waals surface area contributed by atoms with E-state index in [0.717, 1.165) is 24.3 Å². The summed E-state index contributed by atoms with van der Waals surface area (Å²) in [7, 11) is 1.93. The van der Waals surface area contributed by atoms with Crippen molar-refractivity contribution < 1.29 is 0 Å². The van der Waals surface area contributed by atoms with Crippen LogP contribution >= 0.6 is 11.6 Å². The summed E-state index contributed by atoms with van der Waals surface area (Å²) in [4.78, 5) is 4.35. The first-order valence-electron chi connectivity index (χ1n) is 5.06. The molecule has 0 aromatic carbocycles. The third-order valence-corrected chi connectivity index (χ3v) is 2.73. The molecule has 0 atom stereocenters. The Morgan fingerprint density at radius 2 is 2.33 bits per heavy atom. The highest BCUT2D eigenvalue weighted by Crippen LogP contribution is 2.22. The highest BCUT2D eigenvalue weighted by Gasteiger charge is 2.10.